The first-order chi connectivity index (χ1) is 8.06. The van der Waals surface area contributed by atoms with Crippen LogP contribution in [0, 0.1) is 0 Å². The Bertz CT molecular complexity index is 283. The summed E-state index contributed by atoms with van der Waals surface area (Å²) >= 11 is 0. The molecule has 0 bridgehead atoms. The minimum Gasteiger partial charge on any atom is -0.481 e. The van der Waals surface area contributed by atoms with Crippen molar-refractivity contribution < 1.29 is 19.4 Å². The summed E-state index contributed by atoms with van der Waals surface area (Å²) in [6, 6.07) is -0.501. The van der Waals surface area contributed by atoms with Crippen LogP contribution < -0.4 is 5.32 Å². The molecule has 6 nitrogen and oxygen atoms in total. The second kappa shape index (κ2) is 6.44. The monoisotopic (exact) mass is 244 g/mol. The number of carboxylic acid groups (broad SMARTS) is 1. The fourth-order valence-electron chi connectivity index (χ4n) is 1.88. The third-order valence-corrected chi connectivity index (χ3v) is 3.01. The van der Waals surface area contributed by atoms with Crippen molar-refractivity contribution in [2.45, 2.75) is 38.3 Å². The molecule has 0 spiro atoms. The summed E-state index contributed by atoms with van der Waals surface area (Å²) in [5, 5.41) is 11.4. The summed E-state index contributed by atoms with van der Waals surface area (Å²) in [5.74, 6) is -0.895. The van der Waals surface area contributed by atoms with E-state index in [4.69, 9.17) is 9.84 Å². The number of urea groups is 1. The van der Waals surface area contributed by atoms with Gasteiger partial charge >= 0.3 is 12.0 Å². The van der Waals surface area contributed by atoms with Gasteiger partial charge in [-0.15, -0.1) is 0 Å². The third-order valence-electron chi connectivity index (χ3n) is 3.01. The van der Waals surface area contributed by atoms with Crippen molar-refractivity contribution in [2.75, 3.05) is 20.2 Å². The van der Waals surface area contributed by atoms with Crippen LogP contribution in [0.15, 0.2) is 0 Å². The van der Waals surface area contributed by atoms with Crippen molar-refractivity contribution in [3.05, 3.63) is 0 Å². The number of nitrogens with one attached hydrogen (secondary N) is 1. The summed E-state index contributed by atoms with van der Waals surface area (Å²) in [7, 11) is 1.63. The molecule has 98 valence electrons. The van der Waals surface area contributed by atoms with Gasteiger partial charge < -0.3 is 20.1 Å². The summed E-state index contributed by atoms with van der Waals surface area (Å²) in [6.07, 6.45) is 1.50. The number of ether oxygens (including phenoxy) is 1. The molecule has 2 amide bonds. The van der Waals surface area contributed by atoms with E-state index < -0.39 is 5.97 Å². The molecule has 0 saturated carbocycles. The van der Waals surface area contributed by atoms with E-state index in [1.807, 2.05) is 6.92 Å². The van der Waals surface area contributed by atoms with E-state index >= 15 is 0 Å². The molecule has 2 N–H and O–H groups in total. The second-order valence-corrected chi connectivity index (χ2v) is 4.24. The van der Waals surface area contributed by atoms with Crippen LogP contribution in [-0.2, 0) is 9.53 Å². The van der Waals surface area contributed by atoms with E-state index in [-0.39, 0.29) is 24.6 Å². The van der Waals surface area contributed by atoms with Gasteiger partial charge in [0, 0.05) is 26.2 Å². The standard InChI is InChI=1S/C11H20N2O4/c1-3-8(6-10(14)15)12-11(16)13-5-4-9(7-13)17-2/h8-9H,3-7H2,1-2H3,(H,12,16)(H,14,15). The van der Waals surface area contributed by atoms with Crippen LogP contribution in [0.5, 0.6) is 0 Å². The lowest BCUT2D eigenvalue weighted by Crippen LogP contribution is -2.44. The van der Waals surface area contributed by atoms with E-state index in [1.165, 1.54) is 0 Å². The number of carbonyl (C=O) groups is 2. The maximum absolute atomic E-state index is 11.8. The molecule has 0 aliphatic carbocycles. The highest BCUT2D eigenvalue weighted by Gasteiger charge is 2.27. The quantitative estimate of drug-likeness (QED) is 0.745. The Morgan fingerprint density at radius 2 is 2.29 bits per heavy atom. The minimum atomic E-state index is -0.895. The average molecular weight is 244 g/mol. The smallest absolute Gasteiger partial charge is 0.317 e. The number of carbonyl (C=O) groups excluding carboxylic acids is 1. The fraction of sp³-hybridized carbons (Fsp3) is 0.818. The average Bonchev–Trinajstić information content (AvgIpc) is 2.75. The van der Waals surface area contributed by atoms with E-state index in [2.05, 4.69) is 5.32 Å². The zero-order valence-electron chi connectivity index (χ0n) is 10.3. The molecular weight excluding hydrogens is 224 g/mol. The number of likely N-dealkylation sites (tertiary alicyclic amines) is 1. The first kappa shape index (κ1) is 13.8. The Kier molecular flexibility index (Phi) is 5.21. The Hall–Kier alpha value is -1.30. The van der Waals surface area contributed by atoms with Crippen molar-refractivity contribution in [1.82, 2.24) is 10.2 Å². The SMILES string of the molecule is CCC(CC(=O)O)NC(=O)N1CCC(OC)C1. The summed E-state index contributed by atoms with van der Waals surface area (Å²) in [6.45, 7) is 3.09. The van der Waals surface area contributed by atoms with E-state index in [0.717, 1.165) is 6.42 Å². The summed E-state index contributed by atoms with van der Waals surface area (Å²) in [4.78, 5) is 24.1. The molecule has 0 radical (unpaired) electrons. The number of aliphatic carboxylic acids is 1. The van der Waals surface area contributed by atoms with Crippen LogP contribution >= 0.6 is 0 Å². The first-order valence-corrected chi connectivity index (χ1v) is 5.86. The lowest BCUT2D eigenvalue weighted by Gasteiger charge is -2.21. The molecule has 1 saturated heterocycles. The molecule has 6 heteroatoms. The van der Waals surface area contributed by atoms with Gasteiger partial charge in [0.1, 0.15) is 0 Å². The highest BCUT2D eigenvalue weighted by molar-refractivity contribution is 5.76. The number of nitrogens with zero attached hydrogens (tertiary/aromatic N) is 1. The number of hydrogen-bond acceptors (Lipinski definition) is 3. The molecule has 0 aromatic rings. The van der Waals surface area contributed by atoms with Gasteiger partial charge in [-0.3, -0.25) is 4.79 Å². The Labute approximate surface area is 101 Å². The van der Waals surface area contributed by atoms with Gasteiger partial charge in [0.2, 0.25) is 0 Å². The largest absolute Gasteiger partial charge is 0.481 e. The second-order valence-electron chi connectivity index (χ2n) is 4.24. The Morgan fingerprint density at radius 3 is 2.76 bits per heavy atom. The third kappa shape index (κ3) is 4.22. The molecular formula is C11H20N2O4. The molecule has 2 unspecified atom stereocenters. The Balaban J connectivity index is 2.40. The van der Waals surface area contributed by atoms with Gasteiger partial charge in [-0.25, -0.2) is 4.79 Å². The van der Waals surface area contributed by atoms with Crippen molar-refractivity contribution in [1.29, 1.82) is 0 Å². The molecule has 0 aromatic heterocycles. The minimum absolute atomic E-state index is 0.0379. The van der Waals surface area contributed by atoms with Crippen LogP contribution in [0.1, 0.15) is 26.2 Å². The number of rotatable bonds is 5. The number of hydrogen-bond donors (Lipinski definition) is 2. The zero-order valence-corrected chi connectivity index (χ0v) is 10.3. The zero-order chi connectivity index (χ0) is 12.8. The highest BCUT2D eigenvalue weighted by atomic mass is 16.5. The van der Waals surface area contributed by atoms with Gasteiger partial charge in [-0.1, -0.05) is 6.92 Å². The normalized spacial score (nSPS) is 21.3. The number of carboxylic acids is 1. The van der Waals surface area contributed by atoms with Crippen molar-refractivity contribution in [3.63, 3.8) is 0 Å². The van der Waals surface area contributed by atoms with Crippen LogP contribution in [-0.4, -0.2) is 54.4 Å². The number of methoxy groups -OCH3 is 1. The van der Waals surface area contributed by atoms with Crippen molar-refractivity contribution in [3.8, 4) is 0 Å². The molecule has 0 aromatic carbocycles. The molecule has 1 fully saturated rings. The van der Waals surface area contributed by atoms with Gasteiger partial charge in [-0.2, -0.15) is 0 Å². The lowest BCUT2D eigenvalue weighted by molar-refractivity contribution is -0.137. The van der Waals surface area contributed by atoms with E-state index in [0.29, 0.717) is 19.5 Å². The Morgan fingerprint density at radius 1 is 1.59 bits per heavy atom. The molecule has 1 rings (SSSR count). The van der Waals surface area contributed by atoms with Gasteiger partial charge in [-0.05, 0) is 12.8 Å². The molecule has 2 atom stereocenters. The fourth-order valence-corrected chi connectivity index (χ4v) is 1.88. The molecule has 1 heterocycles. The maximum Gasteiger partial charge on any atom is 0.317 e. The predicted molar refractivity (Wildman–Crippen MR) is 61.9 cm³/mol. The molecule has 17 heavy (non-hydrogen) atoms. The van der Waals surface area contributed by atoms with E-state index in [1.54, 1.807) is 12.0 Å². The summed E-state index contributed by atoms with van der Waals surface area (Å²) in [5.41, 5.74) is 0. The lowest BCUT2D eigenvalue weighted by atomic mass is 10.1. The first-order valence-electron chi connectivity index (χ1n) is 5.86. The topological polar surface area (TPSA) is 78.9 Å². The molecule has 1 aliphatic rings. The molecule has 1 aliphatic heterocycles. The number of amides is 2. The maximum atomic E-state index is 11.8. The van der Waals surface area contributed by atoms with Crippen LogP contribution in [0.2, 0.25) is 0 Å². The highest BCUT2D eigenvalue weighted by Crippen LogP contribution is 2.12. The predicted octanol–water partition coefficient (Wildman–Crippen LogP) is 0.670. The van der Waals surface area contributed by atoms with Crippen LogP contribution in [0.25, 0.3) is 0 Å². The van der Waals surface area contributed by atoms with Gasteiger partial charge in [0.25, 0.3) is 0 Å². The van der Waals surface area contributed by atoms with Crippen molar-refractivity contribution >= 4 is 12.0 Å². The van der Waals surface area contributed by atoms with Crippen LogP contribution in [0.3, 0.4) is 0 Å². The van der Waals surface area contributed by atoms with E-state index in [9.17, 15) is 9.59 Å². The summed E-state index contributed by atoms with van der Waals surface area (Å²) < 4.78 is 5.17. The van der Waals surface area contributed by atoms with Gasteiger partial charge in [0.05, 0.1) is 12.5 Å². The van der Waals surface area contributed by atoms with Crippen molar-refractivity contribution in [2.24, 2.45) is 0 Å². The van der Waals surface area contributed by atoms with Gasteiger partial charge in [0.15, 0.2) is 0 Å². The van der Waals surface area contributed by atoms with Crippen LogP contribution in [0.4, 0.5) is 4.79 Å².